The molecule has 0 aliphatic rings. The third kappa shape index (κ3) is 3.23. The van der Waals surface area contributed by atoms with E-state index in [-0.39, 0.29) is 0 Å². The molecule has 0 atom stereocenters. The van der Waals surface area contributed by atoms with Crippen molar-refractivity contribution in [2.45, 2.75) is 13.5 Å². The van der Waals surface area contributed by atoms with Crippen LogP contribution in [-0.4, -0.2) is 20.1 Å². The number of carbonyl (C=O) groups is 1. The summed E-state index contributed by atoms with van der Waals surface area (Å²) in [5.74, 6) is 0.221. The van der Waals surface area contributed by atoms with E-state index in [1.54, 1.807) is 13.0 Å². The fourth-order valence-corrected chi connectivity index (χ4v) is 2.28. The van der Waals surface area contributed by atoms with Crippen LogP contribution in [0, 0.1) is 18.3 Å². The zero-order chi connectivity index (χ0) is 16.1. The first-order valence-corrected chi connectivity index (χ1v) is 6.87. The summed E-state index contributed by atoms with van der Waals surface area (Å²) in [6.07, 6.45) is 0. The number of aryl methyl sites for hydroxylation is 1. The minimum atomic E-state index is -0.456. The van der Waals surface area contributed by atoms with Crippen LogP contribution in [0.5, 0.6) is 0 Å². The average Bonchev–Trinajstić information content (AvgIpc) is 2.54. The quantitative estimate of drug-likeness (QED) is 0.810. The van der Waals surface area contributed by atoms with Gasteiger partial charge in [0.2, 0.25) is 0 Å². The summed E-state index contributed by atoms with van der Waals surface area (Å²) in [6.45, 7) is 2.44. The second kappa shape index (κ2) is 6.72. The normalized spacial score (nSPS) is 9.91. The number of benzene rings is 1. The average molecular weight is 296 g/mol. The van der Waals surface area contributed by atoms with Crippen LogP contribution in [0.4, 0.5) is 5.82 Å². The topological polar surface area (TPSA) is 67.5 Å². The largest absolute Gasteiger partial charge is 0.465 e. The molecule has 0 radical (unpaired) electrons. The molecule has 1 heterocycles. The van der Waals surface area contributed by atoms with Crippen LogP contribution >= 0.6 is 0 Å². The second-order valence-electron chi connectivity index (χ2n) is 5.02. The Morgan fingerprint density at radius 3 is 2.64 bits per heavy atom. The van der Waals surface area contributed by atoms with Gasteiger partial charge in [0.05, 0.1) is 14.2 Å². The molecule has 0 bridgehead atoms. The fraction of sp³-hybridized carbons (Fsp3) is 0.235. The molecule has 1 N–H and O–H groups in total. The van der Waals surface area contributed by atoms with Crippen LogP contribution in [0.15, 0.2) is 36.4 Å². The van der Waals surface area contributed by atoms with Crippen molar-refractivity contribution < 1.29 is 14.5 Å². The number of H-pyrrole nitrogens is 1. The lowest BCUT2D eigenvalue weighted by molar-refractivity contribution is -0.374. The number of aromatic amines is 1. The number of methoxy groups -OCH3 is 1. The molecule has 0 aliphatic heterocycles. The molecule has 0 aliphatic carbocycles. The lowest BCUT2D eigenvalue weighted by Gasteiger charge is -2.14. The van der Waals surface area contributed by atoms with E-state index in [4.69, 9.17) is 4.74 Å². The molecular formula is C17H18N3O2+. The van der Waals surface area contributed by atoms with Crippen molar-refractivity contribution in [3.8, 4) is 6.07 Å². The van der Waals surface area contributed by atoms with Crippen LogP contribution in [0.3, 0.4) is 0 Å². The van der Waals surface area contributed by atoms with E-state index in [1.165, 1.54) is 7.11 Å². The van der Waals surface area contributed by atoms with E-state index < -0.39 is 5.97 Å². The first kappa shape index (κ1) is 15.5. The zero-order valence-corrected chi connectivity index (χ0v) is 12.9. The smallest absolute Gasteiger partial charge is 0.341 e. The molecular weight excluding hydrogens is 278 g/mol. The van der Waals surface area contributed by atoms with Crippen molar-refractivity contribution in [2.75, 3.05) is 19.1 Å². The Balaban J connectivity index is 2.36. The van der Waals surface area contributed by atoms with Gasteiger partial charge in [0.25, 0.3) is 5.82 Å². The summed E-state index contributed by atoms with van der Waals surface area (Å²) in [4.78, 5) is 16.8. The molecule has 5 heteroatoms. The van der Waals surface area contributed by atoms with E-state index >= 15 is 0 Å². The molecule has 22 heavy (non-hydrogen) atoms. The predicted octanol–water partition coefficient (Wildman–Crippen LogP) is 2.10. The lowest BCUT2D eigenvalue weighted by Crippen LogP contribution is -2.29. The zero-order valence-electron chi connectivity index (χ0n) is 12.9. The SMILES string of the molecule is COC(=O)c1cc(C#N)c(N(C)Cc2ccccc2)[nH+]c1C. The van der Waals surface area contributed by atoms with E-state index in [1.807, 2.05) is 42.3 Å². The van der Waals surface area contributed by atoms with Gasteiger partial charge in [-0.15, -0.1) is 0 Å². The number of nitrogens with zero attached hydrogens (tertiary/aromatic N) is 2. The van der Waals surface area contributed by atoms with E-state index in [0.717, 1.165) is 5.56 Å². The maximum atomic E-state index is 11.7. The Hall–Kier alpha value is -2.87. The van der Waals surface area contributed by atoms with Gasteiger partial charge in [0, 0.05) is 0 Å². The van der Waals surface area contributed by atoms with Gasteiger partial charge in [-0.1, -0.05) is 30.3 Å². The Labute approximate surface area is 129 Å². The predicted molar refractivity (Wildman–Crippen MR) is 82.3 cm³/mol. The summed E-state index contributed by atoms with van der Waals surface area (Å²) in [6, 6.07) is 13.7. The van der Waals surface area contributed by atoms with Gasteiger partial charge in [-0.3, -0.25) is 4.90 Å². The maximum Gasteiger partial charge on any atom is 0.341 e. The summed E-state index contributed by atoms with van der Waals surface area (Å²) in [5, 5.41) is 9.35. The number of nitriles is 1. The second-order valence-corrected chi connectivity index (χ2v) is 5.02. The maximum absolute atomic E-state index is 11.7. The fourth-order valence-electron chi connectivity index (χ4n) is 2.28. The molecule has 0 saturated heterocycles. The number of rotatable bonds is 4. The van der Waals surface area contributed by atoms with E-state index in [2.05, 4.69) is 11.1 Å². The number of nitrogens with one attached hydrogen (secondary N) is 1. The van der Waals surface area contributed by atoms with Crippen molar-refractivity contribution in [2.24, 2.45) is 0 Å². The van der Waals surface area contributed by atoms with Crippen LogP contribution in [-0.2, 0) is 11.3 Å². The number of carbonyl (C=O) groups excluding carboxylic acids is 1. The number of anilines is 1. The molecule has 0 amide bonds. The number of esters is 1. The van der Waals surface area contributed by atoms with Crippen molar-refractivity contribution in [1.82, 2.24) is 0 Å². The molecule has 1 aromatic heterocycles. The van der Waals surface area contributed by atoms with E-state index in [0.29, 0.717) is 29.2 Å². The van der Waals surface area contributed by atoms with Crippen molar-refractivity contribution in [1.29, 1.82) is 5.26 Å². The minimum absolute atomic E-state index is 0.371. The minimum Gasteiger partial charge on any atom is -0.465 e. The van der Waals surface area contributed by atoms with Crippen LogP contribution in [0.1, 0.15) is 27.2 Å². The highest BCUT2D eigenvalue weighted by Gasteiger charge is 2.22. The number of ether oxygens (including phenoxy) is 1. The van der Waals surface area contributed by atoms with Gasteiger partial charge in [-0.25, -0.2) is 9.78 Å². The van der Waals surface area contributed by atoms with Gasteiger partial charge in [0.1, 0.15) is 29.4 Å². The summed E-state index contributed by atoms with van der Waals surface area (Å²) in [5.41, 5.74) is 2.58. The Bertz CT molecular complexity index is 721. The molecule has 0 unspecified atom stereocenters. The molecule has 0 spiro atoms. The molecule has 2 rings (SSSR count). The monoisotopic (exact) mass is 296 g/mol. The summed E-state index contributed by atoms with van der Waals surface area (Å²) in [7, 11) is 3.22. The molecule has 0 fully saturated rings. The Kier molecular flexibility index (Phi) is 4.74. The number of pyridine rings is 1. The third-order valence-electron chi connectivity index (χ3n) is 3.42. The number of aromatic nitrogens is 1. The third-order valence-corrected chi connectivity index (χ3v) is 3.42. The van der Waals surface area contributed by atoms with Gasteiger partial charge < -0.3 is 4.74 Å². The van der Waals surface area contributed by atoms with Gasteiger partial charge >= 0.3 is 5.97 Å². The Morgan fingerprint density at radius 2 is 2.05 bits per heavy atom. The molecule has 0 saturated carbocycles. The first-order chi connectivity index (χ1) is 10.6. The summed E-state index contributed by atoms with van der Waals surface area (Å²) < 4.78 is 4.73. The van der Waals surface area contributed by atoms with Crippen LogP contribution in [0.2, 0.25) is 0 Å². The first-order valence-electron chi connectivity index (χ1n) is 6.87. The van der Waals surface area contributed by atoms with Crippen molar-refractivity contribution >= 4 is 11.8 Å². The van der Waals surface area contributed by atoms with Gasteiger partial charge in [0.15, 0.2) is 0 Å². The van der Waals surface area contributed by atoms with Crippen LogP contribution in [0.25, 0.3) is 0 Å². The molecule has 1 aromatic carbocycles. The highest BCUT2D eigenvalue weighted by atomic mass is 16.5. The van der Waals surface area contributed by atoms with Gasteiger partial charge in [-0.2, -0.15) is 5.26 Å². The van der Waals surface area contributed by atoms with E-state index in [9.17, 15) is 10.1 Å². The molecule has 5 nitrogen and oxygen atoms in total. The van der Waals surface area contributed by atoms with Crippen LogP contribution < -0.4 is 9.88 Å². The standard InChI is InChI=1S/C17H17N3O2/c1-12-15(17(21)22-3)9-14(10-18)16(19-12)20(2)11-13-7-5-4-6-8-13/h4-9H,11H2,1-3H3/p+1. The van der Waals surface area contributed by atoms with Gasteiger partial charge in [-0.05, 0) is 18.6 Å². The lowest BCUT2D eigenvalue weighted by atomic mass is 10.1. The van der Waals surface area contributed by atoms with Crippen molar-refractivity contribution in [3.63, 3.8) is 0 Å². The number of hydrogen-bond acceptors (Lipinski definition) is 4. The Morgan fingerprint density at radius 1 is 1.36 bits per heavy atom. The number of hydrogen-bond donors (Lipinski definition) is 0. The van der Waals surface area contributed by atoms with Crippen molar-refractivity contribution in [3.05, 3.63) is 58.8 Å². The molecule has 2 aromatic rings. The molecule has 112 valence electrons. The summed E-state index contributed by atoms with van der Waals surface area (Å²) >= 11 is 0. The highest BCUT2D eigenvalue weighted by molar-refractivity contribution is 5.90. The highest BCUT2D eigenvalue weighted by Crippen LogP contribution is 2.18.